The molecule has 2 aromatic rings. The second kappa shape index (κ2) is 6.36. The molecular weight excluding hydrogens is 360 g/mol. The smallest absolute Gasteiger partial charge is 0.175 e. The van der Waals surface area contributed by atoms with E-state index in [1.165, 1.54) is 11.1 Å². The zero-order chi connectivity index (χ0) is 14.8. The number of rotatable bonds is 5. The van der Waals surface area contributed by atoms with Gasteiger partial charge in [-0.1, -0.05) is 12.1 Å². The lowest BCUT2D eigenvalue weighted by Crippen LogP contribution is -2.29. The van der Waals surface area contributed by atoms with E-state index in [4.69, 9.17) is 5.84 Å². The van der Waals surface area contributed by atoms with Gasteiger partial charge in [0.15, 0.2) is 9.84 Å². The molecule has 1 atom stereocenters. The number of sulfone groups is 1. The van der Waals surface area contributed by atoms with Gasteiger partial charge >= 0.3 is 0 Å². The molecule has 0 amide bonds. The van der Waals surface area contributed by atoms with E-state index in [-0.39, 0.29) is 6.04 Å². The molecule has 20 heavy (non-hydrogen) atoms. The number of thiophene rings is 1. The highest BCUT2D eigenvalue weighted by Gasteiger charge is 2.14. The molecule has 0 bridgehead atoms. The number of nitrogens with two attached hydrogens (primary N) is 1. The van der Waals surface area contributed by atoms with E-state index < -0.39 is 9.84 Å². The molecule has 0 fully saturated rings. The summed E-state index contributed by atoms with van der Waals surface area (Å²) >= 11 is 5.15. The van der Waals surface area contributed by atoms with Crippen molar-refractivity contribution in [2.45, 2.75) is 17.4 Å². The van der Waals surface area contributed by atoms with Crippen LogP contribution in [0.1, 0.15) is 16.5 Å². The van der Waals surface area contributed by atoms with Gasteiger partial charge in [0.1, 0.15) is 0 Å². The van der Waals surface area contributed by atoms with Crippen LogP contribution in [-0.2, 0) is 16.3 Å². The summed E-state index contributed by atoms with van der Waals surface area (Å²) in [6.07, 6.45) is 1.94. The Morgan fingerprint density at radius 3 is 2.40 bits per heavy atom. The Balaban J connectivity index is 2.22. The van der Waals surface area contributed by atoms with Crippen LogP contribution < -0.4 is 11.3 Å². The van der Waals surface area contributed by atoms with Crippen LogP contribution in [0.4, 0.5) is 0 Å². The molecule has 0 saturated carbocycles. The first-order valence-electron chi connectivity index (χ1n) is 5.90. The Kier molecular flexibility index (Phi) is 4.98. The van der Waals surface area contributed by atoms with Gasteiger partial charge in [0, 0.05) is 22.0 Å². The fourth-order valence-corrected chi connectivity index (χ4v) is 4.07. The first-order valence-corrected chi connectivity index (χ1v) is 9.46. The van der Waals surface area contributed by atoms with Crippen molar-refractivity contribution in [2.24, 2.45) is 5.84 Å². The van der Waals surface area contributed by atoms with Crippen molar-refractivity contribution in [3.8, 4) is 0 Å². The number of hydrazine groups is 1. The number of halogens is 1. The maximum Gasteiger partial charge on any atom is 0.175 e. The minimum absolute atomic E-state index is 0.0569. The first-order chi connectivity index (χ1) is 9.41. The molecule has 1 aromatic heterocycles. The quantitative estimate of drug-likeness (QED) is 0.623. The van der Waals surface area contributed by atoms with E-state index in [1.54, 1.807) is 35.6 Å². The third kappa shape index (κ3) is 3.67. The number of hydrogen-bond acceptors (Lipinski definition) is 5. The highest BCUT2D eigenvalue weighted by molar-refractivity contribution is 9.10. The third-order valence-electron chi connectivity index (χ3n) is 2.99. The molecule has 3 N–H and O–H groups in total. The van der Waals surface area contributed by atoms with E-state index in [9.17, 15) is 8.42 Å². The van der Waals surface area contributed by atoms with E-state index >= 15 is 0 Å². The van der Waals surface area contributed by atoms with Crippen LogP contribution in [0, 0.1) is 0 Å². The zero-order valence-electron chi connectivity index (χ0n) is 10.8. The number of nitrogens with one attached hydrogen (secondary N) is 1. The van der Waals surface area contributed by atoms with Crippen LogP contribution in [0.5, 0.6) is 0 Å². The predicted octanol–water partition coefficient (Wildman–Crippen LogP) is 2.66. The third-order valence-corrected chi connectivity index (χ3v) is 6.07. The molecule has 0 radical (unpaired) electrons. The molecule has 4 nitrogen and oxygen atoms in total. The van der Waals surface area contributed by atoms with E-state index in [1.807, 2.05) is 11.4 Å². The summed E-state index contributed by atoms with van der Waals surface area (Å²) in [5.74, 6) is 5.62. The Bertz CT molecular complexity index is 681. The highest BCUT2D eigenvalue weighted by atomic mass is 79.9. The summed E-state index contributed by atoms with van der Waals surface area (Å²) in [7, 11) is -3.17. The van der Waals surface area contributed by atoms with Crippen LogP contribution in [0.25, 0.3) is 0 Å². The van der Waals surface area contributed by atoms with Gasteiger partial charge in [0.25, 0.3) is 0 Å². The zero-order valence-corrected chi connectivity index (χ0v) is 14.1. The van der Waals surface area contributed by atoms with Crippen molar-refractivity contribution < 1.29 is 8.42 Å². The Morgan fingerprint density at radius 2 is 1.95 bits per heavy atom. The summed E-state index contributed by atoms with van der Waals surface area (Å²) in [6, 6.07) is 8.75. The van der Waals surface area contributed by atoms with Gasteiger partial charge in [0.05, 0.1) is 10.9 Å². The number of benzene rings is 1. The van der Waals surface area contributed by atoms with E-state index in [2.05, 4.69) is 21.4 Å². The maximum absolute atomic E-state index is 11.4. The fourth-order valence-electron chi connectivity index (χ4n) is 1.88. The van der Waals surface area contributed by atoms with Crippen LogP contribution in [0.15, 0.2) is 45.1 Å². The van der Waals surface area contributed by atoms with Gasteiger partial charge in [-0.25, -0.2) is 8.42 Å². The minimum Gasteiger partial charge on any atom is -0.271 e. The predicted molar refractivity (Wildman–Crippen MR) is 85.3 cm³/mol. The molecule has 0 aliphatic heterocycles. The SMILES string of the molecule is CS(=O)(=O)c1ccc(C(Cc2sccc2Br)NN)cc1. The van der Waals surface area contributed by atoms with Gasteiger partial charge in [-0.05, 0) is 45.1 Å². The van der Waals surface area contributed by atoms with Gasteiger partial charge < -0.3 is 0 Å². The lowest BCUT2D eigenvalue weighted by molar-refractivity contribution is 0.554. The summed E-state index contributed by atoms with van der Waals surface area (Å²) in [5.41, 5.74) is 3.74. The molecule has 7 heteroatoms. The van der Waals surface area contributed by atoms with E-state index in [0.717, 1.165) is 16.5 Å². The Hall–Kier alpha value is -0.730. The first kappa shape index (κ1) is 15.7. The Morgan fingerprint density at radius 1 is 1.30 bits per heavy atom. The van der Waals surface area contributed by atoms with Gasteiger partial charge in [-0.15, -0.1) is 11.3 Å². The second-order valence-electron chi connectivity index (χ2n) is 4.46. The van der Waals surface area contributed by atoms with E-state index in [0.29, 0.717) is 4.90 Å². The average molecular weight is 375 g/mol. The molecule has 0 spiro atoms. The van der Waals surface area contributed by atoms with Crippen molar-refractivity contribution >= 4 is 37.1 Å². The molecule has 1 aromatic carbocycles. The highest BCUT2D eigenvalue weighted by Crippen LogP contribution is 2.28. The van der Waals surface area contributed by atoms with Gasteiger partial charge in [0.2, 0.25) is 0 Å². The van der Waals surface area contributed by atoms with Crippen molar-refractivity contribution in [3.63, 3.8) is 0 Å². The number of hydrogen-bond donors (Lipinski definition) is 2. The van der Waals surface area contributed by atoms with Crippen LogP contribution in [0.3, 0.4) is 0 Å². The standard InChI is InChI=1S/C13H15BrN2O2S2/c1-20(17,18)10-4-2-9(3-5-10)12(16-15)8-13-11(14)6-7-19-13/h2-7,12,16H,8,15H2,1H3. The molecule has 0 aliphatic carbocycles. The molecular formula is C13H15BrN2O2S2. The molecule has 1 heterocycles. The van der Waals surface area contributed by atoms with Crippen molar-refractivity contribution in [1.82, 2.24) is 5.43 Å². The van der Waals surface area contributed by atoms with Crippen molar-refractivity contribution in [2.75, 3.05) is 6.26 Å². The second-order valence-corrected chi connectivity index (χ2v) is 8.33. The van der Waals surface area contributed by atoms with Gasteiger partial charge in [-0.2, -0.15) is 0 Å². The molecule has 0 saturated heterocycles. The largest absolute Gasteiger partial charge is 0.271 e. The van der Waals surface area contributed by atoms with Crippen LogP contribution >= 0.6 is 27.3 Å². The summed E-state index contributed by atoms with van der Waals surface area (Å²) in [4.78, 5) is 1.51. The lowest BCUT2D eigenvalue weighted by Gasteiger charge is -2.16. The molecule has 1 unspecified atom stereocenters. The maximum atomic E-state index is 11.4. The van der Waals surface area contributed by atoms with Gasteiger partial charge in [-0.3, -0.25) is 11.3 Å². The fraction of sp³-hybridized carbons (Fsp3) is 0.231. The molecule has 2 rings (SSSR count). The molecule has 108 valence electrons. The molecule has 0 aliphatic rings. The summed E-state index contributed by atoms with van der Waals surface area (Å²) in [5, 5.41) is 2.01. The summed E-state index contributed by atoms with van der Waals surface area (Å²) in [6.45, 7) is 0. The Labute approximate surface area is 131 Å². The van der Waals surface area contributed by atoms with Crippen LogP contribution in [0.2, 0.25) is 0 Å². The van der Waals surface area contributed by atoms with Crippen molar-refractivity contribution in [3.05, 3.63) is 50.6 Å². The van der Waals surface area contributed by atoms with Crippen LogP contribution in [-0.4, -0.2) is 14.7 Å². The van der Waals surface area contributed by atoms with Crippen molar-refractivity contribution in [1.29, 1.82) is 0 Å². The normalized spacial score (nSPS) is 13.3. The minimum atomic E-state index is -3.17. The summed E-state index contributed by atoms with van der Waals surface area (Å²) < 4.78 is 23.9. The lowest BCUT2D eigenvalue weighted by atomic mass is 10.0. The monoisotopic (exact) mass is 374 g/mol. The topological polar surface area (TPSA) is 72.2 Å². The average Bonchev–Trinajstić information content (AvgIpc) is 2.80.